The molecule has 3 heteroatoms. The Kier molecular flexibility index (Phi) is 10.6. The predicted molar refractivity (Wildman–Crippen MR) is 124 cm³/mol. The molecule has 0 atom stereocenters. The van der Waals surface area contributed by atoms with Crippen LogP contribution in [-0.2, 0) is 0 Å². The molecule has 2 aromatic rings. The minimum atomic E-state index is -0.952. The predicted octanol–water partition coefficient (Wildman–Crippen LogP) is 7.33. The summed E-state index contributed by atoms with van der Waals surface area (Å²) in [5.74, 6) is 2.33. The van der Waals surface area contributed by atoms with Gasteiger partial charge in [-0.2, -0.15) is 0 Å². The van der Waals surface area contributed by atoms with Crippen molar-refractivity contribution >= 4 is 5.97 Å². The van der Waals surface area contributed by atoms with Crippen LogP contribution in [0.25, 0.3) is 11.1 Å². The van der Waals surface area contributed by atoms with Gasteiger partial charge in [0, 0.05) is 5.56 Å². The fourth-order valence-corrected chi connectivity index (χ4v) is 3.56. The van der Waals surface area contributed by atoms with Crippen molar-refractivity contribution < 1.29 is 14.6 Å². The molecule has 0 amide bonds. The van der Waals surface area contributed by atoms with Gasteiger partial charge >= 0.3 is 5.97 Å². The lowest BCUT2D eigenvalue weighted by Gasteiger charge is -2.11. The van der Waals surface area contributed by atoms with Crippen LogP contribution >= 0.6 is 0 Å². The van der Waals surface area contributed by atoms with Crippen molar-refractivity contribution in [1.29, 1.82) is 0 Å². The summed E-state index contributed by atoms with van der Waals surface area (Å²) in [6.07, 6.45) is 18.3. The third kappa shape index (κ3) is 7.95. The zero-order valence-electron chi connectivity index (χ0n) is 18.2. The van der Waals surface area contributed by atoms with Crippen LogP contribution in [-0.4, -0.2) is 17.7 Å². The van der Waals surface area contributed by atoms with Crippen molar-refractivity contribution in [3.63, 3.8) is 0 Å². The van der Waals surface area contributed by atoms with Crippen LogP contribution in [0.1, 0.15) is 87.1 Å². The average Bonchev–Trinajstić information content (AvgIpc) is 2.77. The maximum atomic E-state index is 11.6. The second kappa shape index (κ2) is 13.5. The van der Waals surface area contributed by atoms with Gasteiger partial charge in [-0.3, -0.25) is 0 Å². The van der Waals surface area contributed by atoms with Crippen LogP contribution in [0.15, 0.2) is 42.5 Å². The number of aromatic carboxylic acids is 1. The van der Waals surface area contributed by atoms with Gasteiger partial charge in [0.25, 0.3) is 0 Å². The lowest BCUT2D eigenvalue weighted by atomic mass is 9.98. The molecule has 0 saturated carbocycles. The Bertz CT molecular complexity index is 815. The Morgan fingerprint density at radius 1 is 0.900 bits per heavy atom. The zero-order chi connectivity index (χ0) is 21.6. The molecule has 3 nitrogen and oxygen atoms in total. The Labute approximate surface area is 181 Å². The first-order chi connectivity index (χ1) is 14.7. The van der Waals surface area contributed by atoms with Gasteiger partial charge in [-0.25, -0.2) is 4.79 Å². The number of terminal acetylenes is 1. The highest BCUT2D eigenvalue weighted by Gasteiger charge is 2.13. The number of hydrogen-bond acceptors (Lipinski definition) is 2. The second-order valence-electron chi connectivity index (χ2n) is 7.76. The maximum Gasteiger partial charge on any atom is 0.336 e. The third-order valence-corrected chi connectivity index (χ3v) is 5.35. The van der Waals surface area contributed by atoms with E-state index < -0.39 is 5.97 Å². The van der Waals surface area contributed by atoms with E-state index in [4.69, 9.17) is 11.2 Å². The number of hydrogen-bond donors (Lipinski definition) is 1. The molecule has 0 fully saturated rings. The highest BCUT2D eigenvalue weighted by Crippen LogP contribution is 2.29. The Morgan fingerprint density at radius 3 is 2.07 bits per heavy atom. The molecule has 1 N–H and O–H groups in total. The highest BCUT2D eigenvalue weighted by molar-refractivity contribution is 5.96. The van der Waals surface area contributed by atoms with Crippen molar-refractivity contribution in [2.75, 3.05) is 6.61 Å². The highest BCUT2D eigenvalue weighted by atomic mass is 16.5. The summed E-state index contributed by atoms with van der Waals surface area (Å²) in [5.41, 5.74) is 2.49. The van der Waals surface area contributed by atoms with E-state index in [0.717, 1.165) is 17.5 Å². The number of unbranched alkanes of at least 4 members (excludes halogenated alkanes) is 9. The quantitative estimate of drug-likeness (QED) is 0.264. The number of benzene rings is 2. The van der Waals surface area contributed by atoms with E-state index in [9.17, 15) is 9.90 Å². The molecule has 0 radical (unpaired) electrons. The van der Waals surface area contributed by atoms with Gasteiger partial charge in [-0.15, -0.1) is 6.42 Å². The first-order valence-corrected chi connectivity index (χ1v) is 11.2. The minimum Gasteiger partial charge on any atom is -0.494 e. The smallest absolute Gasteiger partial charge is 0.336 e. The number of ether oxygens (including phenoxy) is 1. The molecule has 160 valence electrons. The molecule has 0 heterocycles. The third-order valence-electron chi connectivity index (χ3n) is 5.35. The van der Waals surface area contributed by atoms with E-state index in [1.54, 1.807) is 12.1 Å². The largest absolute Gasteiger partial charge is 0.494 e. The Morgan fingerprint density at radius 2 is 1.50 bits per heavy atom. The van der Waals surface area contributed by atoms with Gasteiger partial charge in [0.2, 0.25) is 0 Å². The molecular formula is C27H34O3. The molecule has 0 aliphatic rings. The second-order valence-corrected chi connectivity index (χ2v) is 7.76. The molecule has 0 spiro atoms. The topological polar surface area (TPSA) is 46.5 Å². The van der Waals surface area contributed by atoms with Crippen LogP contribution in [0, 0.1) is 12.3 Å². The summed E-state index contributed by atoms with van der Waals surface area (Å²) in [7, 11) is 0. The van der Waals surface area contributed by atoms with Crippen molar-refractivity contribution in [2.45, 2.75) is 71.1 Å². The van der Waals surface area contributed by atoms with Crippen LogP contribution in [0.5, 0.6) is 5.75 Å². The standard InChI is InChI=1S/C27H34O3/c1-3-5-6-7-8-9-10-11-12-13-20-30-24-18-19-25(27(28)29)26(21-24)23-16-14-22(4-2)15-17-23/h2,14-19,21H,3,5-13,20H2,1H3,(H,28,29). The number of carboxylic acid groups (broad SMARTS) is 1. The van der Waals surface area contributed by atoms with Crippen LogP contribution in [0.3, 0.4) is 0 Å². The summed E-state index contributed by atoms with van der Waals surface area (Å²) < 4.78 is 5.89. The summed E-state index contributed by atoms with van der Waals surface area (Å²) in [5, 5.41) is 9.52. The van der Waals surface area contributed by atoms with E-state index in [1.807, 2.05) is 30.3 Å². The summed E-state index contributed by atoms with van der Waals surface area (Å²) in [6, 6.07) is 12.5. The van der Waals surface area contributed by atoms with Gasteiger partial charge < -0.3 is 9.84 Å². The molecule has 30 heavy (non-hydrogen) atoms. The first kappa shape index (κ1) is 23.5. The average molecular weight is 407 g/mol. The SMILES string of the molecule is C#Cc1ccc(-c2cc(OCCCCCCCCCCCC)ccc2C(=O)O)cc1. The fraction of sp³-hybridized carbons (Fsp3) is 0.444. The molecule has 2 rings (SSSR count). The van der Waals surface area contributed by atoms with Crippen LogP contribution in [0.4, 0.5) is 0 Å². The van der Waals surface area contributed by atoms with Gasteiger partial charge in [0.05, 0.1) is 12.2 Å². The molecule has 0 bridgehead atoms. The van der Waals surface area contributed by atoms with E-state index in [0.29, 0.717) is 17.9 Å². The lowest BCUT2D eigenvalue weighted by Crippen LogP contribution is -2.02. The van der Waals surface area contributed by atoms with Crippen molar-refractivity contribution in [3.8, 4) is 29.2 Å². The zero-order valence-corrected chi connectivity index (χ0v) is 18.2. The summed E-state index contributed by atoms with van der Waals surface area (Å²) >= 11 is 0. The minimum absolute atomic E-state index is 0.259. The van der Waals surface area contributed by atoms with Crippen LogP contribution < -0.4 is 4.74 Å². The van der Waals surface area contributed by atoms with E-state index >= 15 is 0 Å². The number of rotatable bonds is 14. The van der Waals surface area contributed by atoms with Crippen LogP contribution in [0.2, 0.25) is 0 Å². The molecule has 0 aliphatic carbocycles. The number of carbonyl (C=O) groups is 1. The fourth-order valence-electron chi connectivity index (χ4n) is 3.56. The molecule has 0 aromatic heterocycles. The van der Waals surface area contributed by atoms with E-state index in [1.165, 1.54) is 57.8 Å². The van der Waals surface area contributed by atoms with Crippen molar-refractivity contribution in [2.24, 2.45) is 0 Å². The van der Waals surface area contributed by atoms with Crippen molar-refractivity contribution in [1.82, 2.24) is 0 Å². The Hall–Kier alpha value is -2.73. The molecule has 2 aromatic carbocycles. The van der Waals surface area contributed by atoms with Crippen molar-refractivity contribution in [3.05, 3.63) is 53.6 Å². The normalized spacial score (nSPS) is 10.5. The molecular weight excluding hydrogens is 372 g/mol. The molecule has 0 saturated heterocycles. The Balaban J connectivity index is 1.80. The lowest BCUT2D eigenvalue weighted by molar-refractivity contribution is 0.0697. The maximum absolute atomic E-state index is 11.6. The van der Waals surface area contributed by atoms with Gasteiger partial charge in [0.15, 0.2) is 0 Å². The monoisotopic (exact) mass is 406 g/mol. The van der Waals surface area contributed by atoms with Gasteiger partial charge in [-0.1, -0.05) is 82.8 Å². The first-order valence-electron chi connectivity index (χ1n) is 11.2. The van der Waals surface area contributed by atoms with E-state index in [2.05, 4.69) is 12.8 Å². The number of carboxylic acids is 1. The van der Waals surface area contributed by atoms with Gasteiger partial charge in [0.1, 0.15) is 5.75 Å². The summed E-state index contributed by atoms with van der Waals surface area (Å²) in [6.45, 7) is 2.90. The van der Waals surface area contributed by atoms with Gasteiger partial charge in [-0.05, 0) is 47.9 Å². The molecule has 0 unspecified atom stereocenters. The summed E-state index contributed by atoms with van der Waals surface area (Å²) in [4.78, 5) is 11.6. The van der Waals surface area contributed by atoms with E-state index in [-0.39, 0.29) is 5.56 Å². The molecule has 0 aliphatic heterocycles.